The first-order valence-corrected chi connectivity index (χ1v) is 9.65. The van der Waals surface area contributed by atoms with Crippen molar-refractivity contribution in [2.24, 2.45) is 0 Å². The topological polar surface area (TPSA) is 101 Å². The number of nitrogens with zero attached hydrogens (tertiary/aromatic N) is 5. The van der Waals surface area contributed by atoms with Gasteiger partial charge in [-0.05, 0) is 12.1 Å². The number of methoxy groups -OCH3 is 1. The van der Waals surface area contributed by atoms with Gasteiger partial charge in [0.2, 0.25) is 5.95 Å². The number of nitrogens with one attached hydrogen (secondary N) is 1. The normalized spacial score (nSPS) is 14.2. The zero-order valence-corrected chi connectivity index (χ0v) is 16.0. The number of urea groups is 1. The molecule has 3 aromatic rings. The predicted molar refractivity (Wildman–Crippen MR) is 106 cm³/mol. The summed E-state index contributed by atoms with van der Waals surface area (Å²) in [5, 5.41) is 14.6. The number of carbonyl (C=O) groups excluding carboxylic acids is 2. The van der Waals surface area contributed by atoms with Crippen LogP contribution in [0.5, 0.6) is 0 Å². The van der Waals surface area contributed by atoms with E-state index < -0.39 is 5.97 Å². The van der Waals surface area contributed by atoms with Crippen LogP contribution in [-0.4, -0.2) is 65.4 Å². The molecule has 0 unspecified atom stereocenters. The smallest absolute Gasteiger partial charge is 0.340 e. The number of esters is 1. The summed E-state index contributed by atoms with van der Waals surface area (Å²) in [7, 11) is 1.31. The summed E-state index contributed by atoms with van der Waals surface area (Å²) in [5.74, 6) is 0.0897. The molecule has 1 fully saturated rings. The lowest BCUT2D eigenvalue weighted by Crippen LogP contribution is -2.50. The van der Waals surface area contributed by atoms with E-state index in [1.807, 2.05) is 29.2 Å². The Kier molecular flexibility index (Phi) is 5.02. The first-order chi connectivity index (χ1) is 13.7. The maximum Gasteiger partial charge on any atom is 0.340 e. The molecular formula is C18H18N6O3S. The van der Waals surface area contributed by atoms with Crippen molar-refractivity contribution in [3.8, 4) is 0 Å². The highest BCUT2D eigenvalue weighted by Gasteiger charge is 2.24. The molecule has 10 heteroatoms. The van der Waals surface area contributed by atoms with E-state index in [4.69, 9.17) is 4.74 Å². The quantitative estimate of drug-likeness (QED) is 0.675. The van der Waals surface area contributed by atoms with Crippen molar-refractivity contribution in [2.45, 2.75) is 0 Å². The van der Waals surface area contributed by atoms with Crippen molar-refractivity contribution < 1.29 is 14.3 Å². The second kappa shape index (κ2) is 7.77. The van der Waals surface area contributed by atoms with Crippen LogP contribution in [0.2, 0.25) is 0 Å². The Labute approximate surface area is 164 Å². The molecule has 3 heterocycles. The van der Waals surface area contributed by atoms with Crippen LogP contribution in [0.15, 0.2) is 35.0 Å². The van der Waals surface area contributed by atoms with Gasteiger partial charge in [0.15, 0.2) is 0 Å². The lowest BCUT2D eigenvalue weighted by atomic mass is 10.3. The third kappa shape index (κ3) is 3.58. The first kappa shape index (κ1) is 18.1. The number of carbonyl (C=O) groups is 2. The number of ether oxygens (including phenoxy) is 1. The van der Waals surface area contributed by atoms with Gasteiger partial charge in [-0.1, -0.05) is 12.1 Å². The Morgan fingerprint density at radius 2 is 1.82 bits per heavy atom. The van der Waals surface area contributed by atoms with Crippen molar-refractivity contribution in [2.75, 3.05) is 43.5 Å². The van der Waals surface area contributed by atoms with Crippen LogP contribution < -0.4 is 10.2 Å². The third-order valence-corrected chi connectivity index (χ3v) is 5.25. The zero-order chi connectivity index (χ0) is 19.5. The molecule has 0 atom stereocenters. The van der Waals surface area contributed by atoms with Crippen LogP contribution >= 0.6 is 11.3 Å². The molecule has 9 nitrogen and oxygen atoms in total. The van der Waals surface area contributed by atoms with Crippen LogP contribution in [0, 0.1) is 0 Å². The Morgan fingerprint density at radius 1 is 1.07 bits per heavy atom. The number of rotatable bonds is 3. The van der Waals surface area contributed by atoms with Gasteiger partial charge in [-0.2, -0.15) is 0 Å². The minimum atomic E-state index is -0.470. The molecule has 144 valence electrons. The molecular weight excluding hydrogens is 380 g/mol. The van der Waals surface area contributed by atoms with Gasteiger partial charge < -0.3 is 19.9 Å². The van der Waals surface area contributed by atoms with E-state index >= 15 is 0 Å². The fourth-order valence-corrected chi connectivity index (χ4v) is 3.72. The van der Waals surface area contributed by atoms with Gasteiger partial charge in [0, 0.05) is 36.9 Å². The lowest BCUT2D eigenvalue weighted by Gasteiger charge is -2.34. The second-order valence-electron chi connectivity index (χ2n) is 6.20. The summed E-state index contributed by atoms with van der Waals surface area (Å²) in [4.78, 5) is 32.6. The van der Waals surface area contributed by atoms with E-state index in [0.717, 1.165) is 11.0 Å². The van der Waals surface area contributed by atoms with Crippen molar-refractivity contribution >= 4 is 46.0 Å². The van der Waals surface area contributed by atoms with E-state index in [9.17, 15) is 9.59 Å². The fraction of sp³-hybridized carbons (Fsp3) is 0.278. The molecule has 1 aliphatic heterocycles. The minimum Gasteiger partial charge on any atom is -0.465 e. The van der Waals surface area contributed by atoms with Gasteiger partial charge in [-0.15, -0.1) is 21.5 Å². The maximum atomic E-state index is 12.6. The van der Waals surface area contributed by atoms with E-state index in [1.54, 1.807) is 15.7 Å². The molecule has 2 amide bonds. The number of amides is 2. The summed E-state index contributed by atoms with van der Waals surface area (Å²) >= 11 is 1.33. The monoisotopic (exact) mass is 398 g/mol. The summed E-state index contributed by atoms with van der Waals surface area (Å²) in [6, 6.07) is 7.33. The number of anilines is 2. The van der Waals surface area contributed by atoms with Crippen LogP contribution in [-0.2, 0) is 4.74 Å². The number of piperazine rings is 1. The van der Waals surface area contributed by atoms with E-state index in [0.29, 0.717) is 43.4 Å². The highest BCUT2D eigenvalue weighted by atomic mass is 32.1. The molecule has 1 aromatic carbocycles. The largest absolute Gasteiger partial charge is 0.465 e. The fourth-order valence-electron chi connectivity index (χ4n) is 2.97. The van der Waals surface area contributed by atoms with Crippen LogP contribution in [0.1, 0.15) is 10.4 Å². The predicted octanol–water partition coefficient (Wildman–Crippen LogP) is 2.23. The number of hydrogen-bond donors (Lipinski definition) is 1. The molecule has 0 saturated carbocycles. The molecule has 0 spiro atoms. The Morgan fingerprint density at radius 3 is 2.57 bits per heavy atom. The molecule has 0 aliphatic carbocycles. The summed E-state index contributed by atoms with van der Waals surface area (Å²) in [5.41, 5.74) is 2.36. The van der Waals surface area contributed by atoms with Crippen molar-refractivity contribution in [3.63, 3.8) is 0 Å². The number of fused-ring (bicyclic) bond motifs is 1. The summed E-state index contributed by atoms with van der Waals surface area (Å²) < 4.78 is 4.73. The number of hydrogen-bond acceptors (Lipinski definition) is 8. The third-order valence-electron chi connectivity index (χ3n) is 4.51. The molecule has 1 saturated heterocycles. The minimum absolute atomic E-state index is 0.249. The van der Waals surface area contributed by atoms with Gasteiger partial charge in [0.1, 0.15) is 5.52 Å². The number of benzene rings is 1. The molecule has 28 heavy (non-hydrogen) atoms. The maximum absolute atomic E-state index is 12.6. The lowest BCUT2D eigenvalue weighted by molar-refractivity contribution is 0.0602. The van der Waals surface area contributed by atoms with Gasteiger partial charge in [0.05, 0.1) is 23.9 Å². The zero-order valence-electron chi connectivity index (χ0n) is 15.2. The molecule has 0 radical (unpaired) electrons. The van der Waals surface area contributed by atoms with E-state index in [-0.39, 0.29) is 6.03 Å². The Hall–Kier alpha value is -3.27. The van der Waals surface area contributed by atoms with Gasteiger partial charge in [-0.25, -0.2) is 14.6 Å². The average molecular weight is 398 g/mol. The first-order valence-electron chi connectivity index (χ1n) is 8.70. The summed E-state index contributed by atoms with van der Waals surface area (Å²) in [6.07, 6.45) is 0. The SMILES string of the molecule is COC(=O)c1cscc1NC(=O)N1CCN(c2nnc3ccccc3n2)CC1. The molecule has 4 rings (SSSR count). The van der Waals surface area contributed by atoms with Crippen LogP contribution in [0.3, 0.4) is 0 Å². The molecule has 1 aliphatic rings. The van der Waals surface area contributed by atoms with Crippen molar-refractivity contribution in [1.29, 1.82) is 0 Å². The van der Waals surface area contributed by atoms with Gasteiger partial charge in [0.25, 0.3) is 0 Å². The van der Waals surface area contributed by atoms with Crippen LogP contribution in [0.25, 0.3) is 11.0 Å². The summed E-state index contributed by atoms with van der Waals surface area (Å²) in [6.45, 7) is 2.22. The van der Waals surface area contributed by atoms with E-state index in [2.05, 4.69) is 20.5 Å². The highest BCUT2D eigenvalue weighted by molar-refractivity contribution is 7.08. The number of aromatic nitrogens is 3. The molecule has 0 bridgehead atoms. The second-order valence-corrected chi connectivity index (χ2v) is 6.94. The number of para-hydroxylation sites is 1. The van der Waals surface area contributed by atoms with Crippen molar-refractivity contribution in [1.82, 2.24) is 20.1 Å². The number of thiophene rings is 1. The average Bonchev–Trinajstić information content (AvgIpc) is 3.21. The Bertz CT molecular complexity index is 1020. The molecule has 2 aromatic heterocycles. The van der Waals surface area contributed by atoms with Crippen molar-refractivity contribution in [3.05, 3.63) is 40.6 Å². The highest BCUT2D eigenvalue weighted by Crippen LogP contribution is 2.22. The van der Waals surface area contributed by atoms with Crippen LogP contribution in [0.4, 0.5) is 16.4 Å². The van der Waals surface area contributed by atoms with Gasteiger partial charge >= 0.3 is 12.0 Å². The van der Waals surface area contributed by atoms with Gasteiger partial charge in [-0.3, -0.25) is 0 Å². The standard InChI is InChI=1S/C18H18N6O3S/c1-27-16(25)12-10-28-11-15(12)20-18(26)24-8-6-23(7-9-24)17-19-13-4-2-3-5-14(13)21-22-17/h2-5,10-11H,6-9H2,1H3,(H,20,26). The Balaban J connectivity index is 1.39. The molecule has 1 N–H and O–H groups in total. The van der Waals surface area contributed by atoms with E-state index in [1.165, 1.54) is 18.4 Å².